The Hall–Kier alpha value is -2.46. The van der Waals surface area contributed by atoms with E-state index in [-0.39, 0.29) is 22.3 Å². The molecule has 2 rings (SSSR count). The molecule has 0 amide bonds. The van der Waals surface area contributed by atoms with E-state index in [4.69, 9.17) is 21.6 Å². The fourth-order valence-corrected chi connectivity index (χ4v) is 1.65. The van der Waals surface area contributed by atoms with Crippen LogP contribution in [0.2, 0.25) is 5.15 Å². The molecular formula is C13H6ClF3N2O2. The lowest BCUT2D eigenvalue weighted by atomic mass is 10.3. The lowest BCUT2D eigenvalue weighted by Crippen LogP contribution is -2.17. The smallest absolute Gasteiger partial charge is 0.435 e. The van der Waals surface area contributed by atoms with Crippen LogP contribution in [0.1, 0.15) is 5.56 Å². The van der Waals surface area contributed by atoms with Gasteiger partial charge in [0, 0.05) is 6.07 Å². The summed E-state index contributed by atoms with van der Waals surface area (Å²) in [4.78, 5) is 3.77. The van der Waals surface area contributed by atoms with Crippen molar-refractivity contribution in [1.29, 1.82) is 5.26 Å². The van der Waals surface area contributed by atoms with Gasteiger partial charge in [-0.2, -0.15) is 5.26 Å². The van der Waals surface area contributed by atoms with Crippen molar-refractivity contribution in [2.45, 2.75) is 6.36 Å². The molecule has 0 fully saturated rings. The molecule has 0 aliphatic heterocycles. The third-order valence-electron chi connectivity index (χ3n) is 2.19. The van der Waals surface area contributed by atoms with Gasteiger partial charge in [0.15, 0.2) is 11.5 Å². The maximum Gasteiger partial charge on any atom is 0.573 e. The summed E-state index contributed by atoms with van der Waals surface area (Å²) in [5.41, 5.74) is 0.166. The number of hydrogen-bond acceptors (Lipinski definition) is 4. The number of rotatable bonds is 3. The monoisotopic (exact) mass is 314 g/mol. The Labute approximate surface area is 122 Å². The van der Waals surface area contributed by atoms with E-state index in [2.05, 4.69) is 9.72 Å². The predicted octanol–water partition coefficient (Wildman–Crippen LogP) is 4.30. The van der Waals surface area contributed by atoms with Crippen LogP contribution in [0.15, 0.2) is 36.4 Å². The molecule has 0 atom stereocenters. The summed E-state index contributed by atoms with van der Waals surface area (Å²) in [5, 5.41) is 8.78. The molecule has 108 valence electrons. The Morgan fingerprint density at radius 3 is 2.43 bits per heavy atom. The highest BCUT2D eigenvalue weighted by Gasteiger charge is 2.32. The lowest BCUT2D eigenvalue weighted by molar-refractivity contribution is -0.275. The molecule has 4 nitrogen and oxygen atoms in total. The van der Waals surface area contributed by atoms with Crippen molar-refractivity contribution in [1.82, 2.24) is 4.98 Å². The molecule has 0 saturated heterocycles. The highest BCUT2D eigenvalue weighted by Crippen LogP contribution is 2.34. The van der Waals surface area contributed by atoms with Gasteiger partial charge in [-0.1, -0.05) is 23.7 Å². The summed E-state index contributed by atoms with van der Waals surface area (Å²) < 4.78 is 45.9. The zero-order chi connectivity index (χ0) is 15.5. The minimum absolute atomic E-state index is 0.0155. The quantitative estimate of drug-likeness (QED) is 0.793. The summed E-state index contributed by atoms with van der Waals surface area (Å²) >= 11 is 5.69. The Morgan fingerprint density at radius 1 is 1.14 bits per heavy atom. The first kappa shape index (κ1) is 14.9. The van der Waals surface area contributed by atoms with Gasteiger partial charge in [0.2, 0.25) is 5.88 Å². The molecule has 21 heavy (non-hydrogen) atoms. The molecule has 8 heteroatoms. The maximum absolute atomic E-state index is 12.3. The van der Waals surface area contributed by atoms with E-state index in [1.54, 1.807) is 0 Å². The number of para-hydroxylation sites is 2. The number of benzene rings is 1. The van der Waals surface area contributed by atoms with Crippen molar-refractivity contribution >= 4 is 11.6 Å². The van der Waals surface area contributed by atoms with Gasteiger partial charge in [-0.05, 0) is 18.2 Å². The van der Waals surface area contributed by atoms with Crippen LogP contribution < -0.4 is 9.47 Å². The fourth-order valence-electron chi connectivity index (χ4n) is 1.45. The zero-order valence-corrected chi connectivity index (χ0v) is 10.9. The molecule has 2 aromatic rings. The summed E-state index contributed by atoms with van der Waals surface area (Å²) in [6.45, 7) is 0. The Bertz CT molecular complexity index is 699. The number of nitriles is 1. The van der Waals surface area contributed by atoms with Gasteiger partial charge in [-0.3, -0.25) is 0 Å². The summed E-state index contributed by atoms with van der Waals surface area (Å²) in [7, 11) is 0. The van der Waals surface area contributed by atoms with Gasteiger partial charge in [0.1, 0.15) is 5.15 Å². The number of ether oxygens (including phenoxy) is 2. The van der Waals surface area contributed by atoms with Crippen LogP contribution >= 0.6 is 11.6 Å². The second-order valence-electron chi connectivity index (χ2n) is 3.73. The van der Waals surface area contributed by atoms with Crippen molar-refractivity contribution in [3.63, 3.8) is 0 Å². The lowest BCUT2D eigenvalue weighted by Gasteiger charge is -2.13. The Balaban J connectivity index is 2.32. The second-order valence-corrected chi connectivity index (χ2v) is 4.11. The van der Waals surface area contributed by atoms with Gasteiger partial charge in [-0.15, -0.1) is 13.2 Å². The minimum Gasteiger partial charge on any atom is -0.435 e. The first-order valence-corrected chi connectivity index (χ1v) is 5.85. The number of nitrogens with zero attached hydrogens (tertiary/aromatic N) is 2. The van der Waals surface area contributed by atoms with Crippen LogP contribution in [0.4, 0.5) is 13.2 Å². The number of pyridine rings is 1. The third-order valence-corrected chi connectivity index (χ3v) is 2.38. The first-order chi connectivity index (χ1) is 9.87. The molecule has 1 heterocycles. The third kappa shape index (κ3) is 4.26. The van der Waals surface area contributed by atoms with Gasteiger partial charge in [-0.25, -0.2) is 4.98 Å². The molecule has 0 saturated carbocycles. The first-order valence-electron chi connectivity index (χ1n) is 5.48. The number of halogens is 4. The standard InChI is InChI=1S/C13H6ClF3N2O2/c14-11-5-8(7-18)6-12(19-11)20-9-3-1-2-4-10(9)21-13(15,16)17/h1-6H. The van der Waals surface area contributed by atoms with Gasteiger partial charge < -0.3 is 9.47 Å². The normalized spacial score (nSPS) is 10.8. The van der Waals surface area contributed by atoms with Crippen LogP contribution in [0, 0.1) is 11.3 Å². The molecule has 0 unspecified atom stereocenters. The molecule has 0 aliphatic rings. The number of alkyl halides is 3. The van der Waals surface area contributed by atoms with E-state index in [1.165, 1.54) is 30.3 Å². The molecule has 0 spiro atoms. The van der Waals surface area contributed by atoms with Crippen molar-refractivity contribution in [2.24, 2.45) is 0 Å². The van der Waals surface area contributed by atoms with Crippen LogP contribution in [0.3, 0.4) is 0 Å². The van der Waals surface area contributed by atoms with E-state index in [1.807, 2.05) is 6.07 Å². The van der Waals surface area contributed by atoms with Crippen LogP contribution in [-0.2, 0) is 0 Å². The van der Waals surface area contributed by atoms with E-state index in [0.29, 0.717) is 0 Å². The predicted molar refractivity (Wildman–Crippen MR) is 67.2 cm³/mol. The highest BCUT2D eigenvalue weighted by atomic mass is 35.5. The molecular weight excluding hydrogens is 309 g/mol. The molecule has 1 aromatic heterocycles. The van der Waals surface area contributed by atoms with Crippen molar-refractivity contribution in [3.05, 3.63) is 47.1 Å². The van der Waals surface area contributed by atoms with Gasteiger partial charge in [0.25, 0.3) is 0 Å². The summed E-state index contributed by atoms with van der Waals surface area (Å²) in [5.74, 6) is -0.837. The summed E-state index contributed by atoms with van der Waals surface area (Å²) in [6, 6.07) is 9.57. The highest BCUT2D eigenvalue weighted by molar-refractivity contribution is 6.29. The molecule has 0 bridgehead atoms. The van der Waals surface area contributed by atoms with E-state index in [9.17, 15) is 13.2 Å². The SMILES string of the molecule is N#Cc1cc(Cl)nc(Oc2ccccc2OC(F)(F)F)c1. The minimum atomic E-state index is -4.85. The van der Waals surface area contributed by atoms with Crippen LogP contribution in [0.5, 0.6) is 17.4 Å². The maximum atomic E-state index is 12.3. The zero-order valence-electron chi connectivity index (χ0n) is 10.2. The molecule has 0 aliphatic carbocycles. The van der Waals surface area contributed by atoms with Gasteiger partial charge >= 0.3 is 6.36 Å². The van der Waals surface area contributed by atoms with E-state index >= 15 is 0 Å². The van der Waals surface area contributed by atoms with Crippen molar-refractivity contribution in [2.75, 3.05) is 0 Å². The van der Waals surface area contributed by atoms with Crippen molar-refractivity contribution in [3.8, 4) is 23.4 Å². The largest absolute Gasteiger partial charge is 0.573 e. The van der Waals surface area contributed by atoms with Crippen LogP contribution in [0.25, 0.3) is 0 Å². The average molecular weight is 315 g/mol. The topological polar surface area (TPSA) is 55.1 Å². The Kier molecular flexibility index (Phi) is 4.19. The van der Waals surface area contributed by atoms with E-state index < -0.39 is 12.1 Å². The molecule has 0 radical (unpaired) electrons. The van der Waals surface area contributed by atoms with Crippen LogP contribution in [-0.4, -0.2) is 11.3 Å². The van der Waals surface area contributed by atoms with E-state index in [0.717, 1.165) is 6.07 Å². The fraction of sp³-hybridized carbons (Fsp3) is 0.0769. The molecule has 1 aromatic carbocycles. The summed E-state index contributed by atoms with van der Waals surface area (Å²) in [6.07, 6.45) is -4.85. The average Bonchev–Trinajstić information content (AvgIpc) is 2.38. The Morgan fingerprint density at radius 2 is 1.81 bits per heavy atom. The molecule has 0 N–H and O–H groups in total. The number of hydrogen-bond donors (Lipinski definition) is 0. The van der Waals surface area contributed by atoms with Crippen molar-refractivity contribution < 1.29 is 22.6 Å². The number of aromatic nitrogens is 1. The second kappa shape index (κ2) is 5.89. The van der Waals surface area contributed by atoms with Gasteiger partial charge in [0.05, 0.1) is 11.6 Å².